The summed E-state index contributed by atoms with van der Waals surface area (Å²) in [6.07, 6.45) is 6.20. The van der Waals surface area contributed by atoms with Crippen LogP contribution in [0.15, 0.2) is 21.5 Å². The summed E-state index contributed by atoms with van der Waals surface area (Å²) in [5.41, 5.74) is 5.55. The van der Waals surface area contributed by atoms with Crippen molar-refractivity contribution in [2.45, 2.75) is 49.0 Å². The predicted octanol–water partition coefficient (Wildman–Crippen LogP) is 2.56. The van der Waals surface area contributed by atoms with Crippen LogP contribution in [-0.2, 0) is 38.7 Å². The number of benzene rings is 1. The molecule has 0 saturated carbocycles. The number of hydrogen-bond acceptors (Lipinski definition) is 6. The molecular formula is C22H29N5O5S. The van der Waals surface area contributed by atoms with Crippen molar-refractivity contribution in [3.05, 3.63) is 34.5 Å². The molecule has 2 aliphatic carbocycles. The van der Waals surface area contributed by atoms with E-state index in [2.05, 4.69) is 20.8 Å². The van der Waals surface area contributed by atoms with Crippen LogP contribution in [0.1, 0.15) is 47.1 Å². The maximum atomic E-state index is 13.3. The Morgan fingerprint density at radius 2 is 2.12 bits per heavy atom. The van der Waals surface area contributed by atoms with Gasteiger partial charge in [-0.2, -0.15) is 5.10 Å². The molecular weight excluding hydrogens is 446 g/mol. The van der Waals surface area contributed by atoms with Crippen LogP contribution in [0, 0.1) is 0 Å². The Labute approximate surface area is 193 Å². The average molecular weight is 476 g/mol. The summed E-state index contributed by atoms with van der Waals surface area (Å²) in [5.74, 6) is 0.473. The van der Waals surface area contributed by atoms with Crippen molar-refractivity contribution >= 4 is 21.6 Å². The molecule has 2 heterocycles. The van der Waals surface area contributed by atoms with Gasteiger partial charge in [-0.05, 0) is 54.4 Å². The van der Waals surface area contributed by atoms with Gasteiger partial charge in [0.25, 0.3) is 0 Å². The molecule has 33 heavy (non-hydrogen) atoms. The lowest BCUT2D eigenvalue weighted by molar-refractivity contribution is 0.145. The molecule has 0 fully saturated rings. The van der Waals surface area contributed by atoms with Gasteiger partial charge in [0.2, 0.25) is 5.88 Å². The summed E-state index contributed by atoms with van der Waals surface area (Å²) >= 11 is 0. The number of urea groups is 1. The fraction of sp³-hybridized carbons (Fsp3) is 0.545. The van der Waals surface area contributed by atoms with Gasteiger partial charge in [-0.15, -0.1) is 4.36 Å². The number of carbonyl (C=O) groups excluding carboxylic acids is 1. The van der Waals surface area contributed by atoms with Crippen molar-refractivity contribution in [2.75, 3.05) is 39.4 Å². The Bertz CT molecular complexity index is 1220. The van der Waals surface area contributed by atoms with Crippen LogP contribution in [0.5, 0.6) is 5.88 Å². The number of anilines is 1. The van der Waals surface area contributed by atoms with Gasteiger partial charge in [-0.1, -0.05) is 6.07 Å². The van der Waals surface area contributed by atoms with Crippen molar-refractivity contribution < 1.29 is 23.2 Å². The fourth-order valence-electron chi connectivity index (χ4n) is 5.27. The first-order valence-electron chi connectivity index (χ1n) is 11.1. The number of aryl methyl sites for hydroxylation is 2. The van der Waals surface area contributed by atoms with Gasteiger partial charge < -0.3 is 19.5 Å². The average Bonchev–Trinajstić information content (AvgIpc) is 3.53. The van der Waals surface area contributed by atoms with Crippen LogP contribution in [0.25, 0.3) is 0 Å². The molecule has 1 aromatic heterocycles. The number of nitrogens with zero attached hydrogens (tertiary/aromatic N) is 3. The number of fused-ring (bicyclic) bond motifs is 3. The summed E-state index contributed by atoms with van der Waals surface area (Å²) in [6, 6.07) is 1.39. The number of methoxy groups -OCH3 is 2. The largest absolute Gasteiger partial charge is 0.475 e. The summed E-state index contributed by atoms with van der Waals surface area (Å²) < 4.78 is 35.0. The lowest BCUT2D eigenvalue weighted by Crippen LogP contribution is -2.19. The third-order valence-corrected chi connectivity index (χ3v) is 8.01. The summed E-state index contributed by atoms with van der Waals surface area (Å²) in [6.45, 7) is 1.31. The highest BCUT2D eigenvalue weighted by Gasteiger charge is 2.33. The van der Waals surface area contributed by atoms with Crippen molar-refractivity contribution in [1.82, 2.24) is 9.78 Å². The Hall–Kier alpha value is -2.47. The lowest BCUT2D eigenvalue weighted by atomic mass is 9.94. The van der Waals surface area contributed by atoms with Crippen LogP contribution in [-0.4, -0.2) is 54.1 Å². The molecule has 2 aromatic rings. The molecule has 2 amide bonds. The highest BCUT2D eigenvalue weighted by atomic mass is 32.2. The quantitative estimate of drug-likeness (QED) is 0.660. The zero-order chi connectivity index (χ0) is 23.2. The van der Waals surface area contributed by atoms with E-state index in [0.29, 0.717) is 19.8 Å². The normalized spacial score (nSPS) is 22.3. The van der Waals surface area contributed by atoms with Gasteiger partial charge in [-0.25, -0.2) is 18.8 Å². The van der Waals surface area contributed by atoms with E-state index < -0.39 is 15.9 Å². The second-order valence-corrected chi connectivity index (χ2v) is 10.5. The van der Waals surface area contributed by atoms with Crippen LogP contribution in [0.3, 0.4) is 0 Å². The molecule has 3 N–H and O–H groups in total. The molecule has 178 valence electrons. The SMILES string of the molecule is COC[C@@H]1CCc2cc3c(c(NC(=O)N=S(N)(=O)c4cnn5c4OC[C@@H]5COC)c21)CCC3. The first-order valence-corrected chi connectivity index (χ1v) is 12.7. The second-order valence-electron chi connectivity index (χ2n) is 8.78. The van der Waals surface area contributed by atoms with Crippen molar-refractivity contribution in [3.8, 4) is 5.88 Å². The van der Waals surface area contributed by atoms with Crippen LogP contribution in [0.4, 0.5) is 10.5 Å². The number of carbonyl (C=O) groups is 1. The van der Waals surface area contributed by atoms with Gasteiger partial charge in [0, 0.05) is 25.8 Å². The van der Waals surface area contributed by atoms with Crippen LogP contribution in [0.2, 0.25) is 0 Å². The van der Waals surface area contributed by atoms with Gasteiger partial charge in [0.05, 0.1) is 19.4 Å². The van der Waals surface area contributed by atoms with Crippen molar-refractivity contribution in [3.63, 3.8) is 0 Å². The minimum absolute atomic E-state index is 0.108. The highest BCUT2D eigenvalue weighted by Crippen LogP contribution is 2.44. The van der Waals surface area contributed by atoms with E-state index >= 15 is 0 Å². The first-order chi connectivity index (χ1) is 15.9. The third kappa shape index (κ3) is 3.92. The van der Waals surface area contributed by atoms with Crippen LogP contribution >= 0.6 is 0 Å². The molecule has 3 atom stereocenters. The van der Waals surface area contributed by atoms with Gasteiger partial charge in [0.15, 0.2) is 9.92 Å². The monoisotopic (exact) mass is 475 g/mol. The number of rotatable bonds is 6. The fourth-order valence-corrected chi connectivity index (χ4v) is 6.26. The maximum Gasteiger partial charge on any atom is 0.354 e. The first kappa shape index (κ1) is 22.3. The smallest absolute Gasteiger partial charge is 0.354 e. The Morgan fingerprint density at radius 3 is 2.91 bits per heavy atom. The summed E-state index contributed by atoms with van der Waals surface area (Å²) in [4.78, 5) is 13.1. The third-order valence-electron chi connectivity index (χ3n) is 6.67. The van der Waals surface area contributed by atoms with E-state index in [4.69, 9.17) is 19.3 Å². The van der Waals surface area contributed by atoms with E-state index in [9.17, 15) is 9.00 Å². The summed E-state index contributed by atoms with van der Waals surface area (Å²) in [7, 11) is -0.290. The molecule has 1 unspecified atom stereocenters. The maximum absolute atomic E-state index is 13.3. The van der Waals surface area contributed by atoms with Gasteiger partial charge in [-0.3, -0.25) is 0 Å². The van der Waals surface area contributed by atoms with E-state index in [0.717, 1.165) is 48.9 Å². The molecule has 3 aliphatic rings. The topological polar surface area (TPSA) is 130 Å². The minimum Gasteiger partial charge on any atom is -0.475 e. The van der Waals surface area contributed by atoms with E-state index in [-0.39, 0.29) is 22.7 Å². The molecule has 11 heteroatoms. The second kappa shape index (κ2) is 8.71. The molecule has 0 saturated heterocycles. The number of hydrogen-bond donors (Lipinski definition) is 2. The van der Waals surface area contributed by atoms with E-state index in [1.807, 2.05) is 0 Å². The lowest BCUT2D eigenvalue weighted by Gasteiger charge is -2.19. The van der Waals surface area contributed by atoms with E-state index in [1.54, 1.807) is 18.9 Å². The Morgan fingerprint density at radius 1 is 1.30 bits per heavy atom. The molecule has 10 nitrogen and oxygen atoms in total. The minimum atomic E-state index is -3.56. The molecule has 1 aliphatic heterocycles. The number of ether oxygens (including phenoxy) is 3. The summed E-state index contributed by atoms with van der Waals surface area (Å²) in [5, 5.41) is 13.2. The predicted molar refractivity (Wildman–Crippen MR) is 122 cm³/mol. The highest BCUT2D eigenvalue weighted by molar-refractivity contribution is 7.91. The van der Waals surface area contributed by atoms with Crippen molar-refractivity contribution in [1.29, 1.82) is 0 Å². The molecule has 5 rings (SSSR count). The standard InChI is InChI=1S/C22H29N5O5S/c1-30-10-15-7-6-14-8-13-4-3-5-17(13)20(19(14)15)25-22(28)26-33(23,29)18-9-24-27-16(11-31-2)12-32-21(18)27/h8-9,15-16H,3-7,10-12H2,1-2H3,(H3,23,25,26,28,29)/t15-,16-,33?/m0/s1. The Kier molecular flexibility index (Phi) is 5.89. The Balaban J connectivity index is 1.47. The molecule has 1 aromatic carbocycles. The van der Waals surface area contributed by atoms with Crippen LogP contribution < -0.4 is 15.2 Å². The number of nitrogens with one attached hydrogen (secondary N) is 1. The number of nitrogens with two attached hydrogens (primary N) is 1. The van der Waals surface area contributed by atoms with Crippen molar-refractivity contribution in [2.24, 2.45) is 9.50 Å². The number of aromatic nitrogens is 2. The molecule has 0 radical (unpaired) electrons. The van der Waals surface area contributed by atoms with Gasteiger partial charge in [0.1, 0.15) is 17.5 Å². The van der Waals surface area contributed by atoms with E-state index in [1.165, 1.54) is 17.3 Å². The number of amides is 2. The zero-order valence-electron chi connectivity index (χ0n) is 18.8. The van der Waals surface area contributed by atoms with Gasteiger partial charge >= 0.3 is 6.03 Å². The molecule has 0 spiro atoms. The molecule has 0 bridgehead atoms. The zero-order valence-corrected chi connectivity index (χ0v) is 19.7.